The standard InChI is InChI=1S/C13H11F3O3/c1-7(12(17)18)4-10-6-8-5-9(13(14,15)16)2-3-11(8)19-10/h2-3,5-7H,4H2,1H3,(H,17,18). The van der Waals surface area contributed by atoms with Crippen molar-refractivity contribution in [3.63, 3.8) is 0 Å². The summed E-state index contributed by atoms with van der Waals surface area (Å²) in [4.78, 5) is 10.7. The number of fused-ring (bicyclic) bond motifs is 1. The Morgan fingerprint density at radius 3 is 2.63 bits per heavy atom. The first-order valence-corrected chi connectivity index (χ1v) is 5.60. The van der Waals surface area contributed by atoms with E-state index >= 15 is 0 Å². The molecule has 0 saturated carbocycles. The molecule has 0 bridgehead atoms. The van der Waals surface area contributed by atoms with Gasteiger partial charge in [0.2, 0.25) is 0 Å². The van der Waals surface area contributed by atoms with Crippen molar-refractivity contribution in [1.29, 1.82) is 0 Å². The fourth-order valence-electron chi connectivity index (χ4n) is 1.76. The van der Waals surface area contributed by atoms with Crippen LogP contribution in [0.2, 0.25) is 0 Å². The second-order valence-corrected chi connectivity index (χ2v) is 4.41. The molecule has 6 heteroatoms. The van der Waals surface area contributed by atoms with Gasteiger partial charge in [0, 0.05) is 11.8 Å². The number of carbonyl (C=O) groups is 1. The highest BCUT2D eigenvalue weighted by molar-refractivity contribution is 5.79. The highest BCUT2D eigenvalue weighted by Crippen LogP contribution is 2.32. The van der Waals surface area contributed by atoms with Crippen molar-refractivity contribution in [2.45, 2.75) is 19.5 Å². The van der Waals surface area contributed by atoms with Gasteiger partial charge in [0.1, 0.15) is 11.3 Å². The molecule has 1 unspecified atom stereocenters. The van der Waals surface area contributed by atoms with E-state index in [-0.39, 0.29) is 6.42 Å². The lowest BCUT2D eigenvalue weighted by Crippen LogP contribution is -2.11. The molecule has 0 aliphatic heterocycles. The highest BCUT2D eigenvalue weighted by Gasteiger charge is 2.30. The smallest absolute Gasteiger partial charge is 0.416 e. The number of rotatable bonds is 3. The minimum absolute atomic E-state index is 0.144. The van der Waals surface area contributed by atoms with Gasteiger partial charge in [-0.2, -0.15) is 13.2 Å². The average molecular weight is 272 g/mol. The molecule has 1 N–H and O–H groups in total. The Balaban J connectivity index is 2.33. The molecule has 102 valence electrons. The van der Waals surface area contributed by atoms with E-state index in [0.29, 0.717) is 16.7 Å². The molecule has 2 aromatic rings. The van der Waals surface area contributed by atoms with Gasteiger partial charge in [-0.15, -0.1) is 0 Å². The van der Waals surface area contributed by atoms with Crippen LogP contribution in [0, 0.1) is 5.92 Å². The zero-order chi connectivity index (χ0) is 14.2. The monoisotopic (exact) mass is 272 g/mol. The fraction of sp³-hybridized carbons (Fsp3) is 0.308. The number of hydrogen-bond acceptors (Lipinski definition) is 2. The molecule has 0 aliphatic carbocycles. The Hall–Kier alpha value is -1.98. The molecular weight excluding hydrogens is 261 g/mol. The Bertz CT molecular complexity index is 613. The second-order valence-electron chi connectivity index (χ2n) is 4.41. The maximum absolute atomic E-state index is 12.5. The lowest BCUT2D eigenvalue weighted by atomic mass is 10.1. The summed E-state index contributed by atoms with van der Waals surface area (Å²) in [6, 6.07) is 4.63. The molecule has 19 heavy (non-hydrogen) atoms. The van der Waals surface area contributed by atoms with E-state index < -0.39 is 23.6 Å². The molecule has 2 rings (SSSR count). The maximum atomic E-state index is 12.5. The van der Waals surface area contributed by atoms with E-state index in [9.17, 15) is 18.0 Å². The van der Waals surface area contributed by atoms with Gasteiger partial charge in [0.15, 0.2) is 0 Å². The van der Waals surface area contributed by atoms with Gasteiger partial charge in [0.05, 0.1) is 11.5 Å². The van der Waals surface area contributed by atoms with Crippen LogP contribution in [0.1, 0.15) is 18.2 Å². The molecule has 0 fully saturated rings. The van der Waals surface area contributed by atoms with E-state index in [2.05, 4.69) is 0 Å². The first kappa shape index (κ1) is 13.5. The van der Waals surface area contributed by atoms with Crippen LogP contribution in [0.15, 0.2) is 28.7 Å². The predicted octanol–water partition coefficient (Wildman–Crippen LogP) is 3.71. The quantitative estimate of drug-likeness (QED) is 0.926. The zero-order valence-electron chi connectivity index (χ0n) is 9.99. The van der Waals surface area contributed by atoms with Crippen LogP contribution in [0.5, 0.6) is 0 Å². The molecule has 0 saturated heterocycles. The van der Waals surface area contributed by atoms with Crippen molar-refractivity contribution in [2.75, 3.05) is 0 Å². The number of benzene rings is 1. The van der Waals surface area contributed by atoms with Crippen molar-refractivity contribution in [2.24, 2.45) is 5.92 Å². The molecule has 1 atom stereocenters. The van der Waals surface area contributed by atoms with E-state index in [4.69, 9.17) is 9.52 Å². The topological polar surface area (TPSA) is 50.4 Å². The van der Waals surface area contributed by atoms with Crippen LogP contribution in [-0.2, 0) is 17.4 Å². The van der Waals surface area contributed by atoms with Gasteiger partial charge in [-0.05, 0) is 24.3 Å². The predicted molar refractivity (Wildman–Crippen MR) is 61.7 cm³/mol. The summed E-state index contributed by atoms with van der Waals surface area (Å²) in [5, 5.41) is 9.10. The van der Waals surface area contributed by atoms with Crippen LogP contribution < -0.4 is 0 Å². The first-order valence-electron chi connectivity index (χ1n) is 5.60. The Morgan fingerprint density at radius 2 is 2.05 bits per heavy atom. The van der Waals surface area contributed by atoms with Crippen LogP contribution in [0.3, 0.4) is 0 Å². The Morgan fingerprint density at radius 1 is 1.37 bits per heavy atom. The SMILES string of the molecule is CC(Cc1cc2cc(C(F)(F)F)ccc2o1)C(=O)O. The van der Waals surface area contributed by atoms with Gasteiger partial charge in [0.25, 0.3) is 0 Å². The summed E-state index contributed by atoms with van der Waals surface area (Å²) < 4.78 is 42.9. The Kier molecular flexibility index (Phi) is 3.26. The normalized spacial score (nSPS) is 13.7. The van der Waals surface area contributed by atoms with E-state index in [0.717, 1.165) is 12.1 Å². The molecule has 1 aromatic carbocycles. The minimum Gasteiger partial charge on any atom is -0.481 e. The van der Waals surface area contributed by atoms with Gasteiger partial charge in [-0.25, -0.2) is 0 Å². The summed E-state index contributed by atoms with van der Waals surface area (Å²) in [6.07, 6.45) is -4.26. The van der Waals surface area contributed by atoms with E-state index in [1.807, 2.05) is 0 Å². The van der Waals surface area contributed by atoms with Crippen LogP contribution in [0.4, 0.5) is 13.2 Å². The van der Waals surface area contributed by atoms with Crippen LogP contribution >= 0.6 is 0 Å². The number of carboxylic acids is 1. The first-order chi connectivity index (χ1) is 8.77. The number of halogens is 3. The number of aliphatic carboxylic acids is 1. The average Bonchev–Trinajstić information content (AvgIpc) is 2.68. The third-order valence-electron chi connectivity index (χ3n) is 2.82. The molecular formula is C13H11F3O3. The molecule has 1 heterocycles. The molecule has 0 aliphatic rings. The number of carboxylic acid groups (broad SMARTS) is 1. The summed E-state index contributed by atoms with van der Waals surface area (Å²) >= 11 is 0. The van der Waals surface area contributed by atoms with Gasteiger partial charge < -0.3 is 9.52 Å². The molecule has 0 radical (unpaired) electrons. The Labute approximate surface area is 106 Å². The summed E-state index contributed by atoms with van der Waals surface area (Å²) in [5.41, 5.74) is -0.431. The van der Waals surface area contributed by atoms with Gasteiger partial charge in [-0.3, -0.25) is 4.79 Å². The van der Waals surface area contributed by atoms with Crippen molar-refractivity contribution >= 4 is 16.9 Å². The maximum Gasteiger partial charge on any atom is 0.416 e. The molecule has 0 amide bonds. The van der Waals surface area contributed by atoms with E-state index in [1.165, 1.54) is 19.1 Å². The third kappa shape index (κ3) is 2.89. The lowest BCUT2D eigenvalue weighted by molar-refractivity contribution is -0.141. The molecule has 1 aromatic heterocycles. The van der Waals surface area contributed by atoms with Gasteiger partial charge in [-0.1, -0.05) is 6.92 Å². The van der Waals surface area contributed by atoms with Crippen molar-refractivity contribution in [3.8, 4) is 0 Å². The van der Waals surface area contributed by atoms with Crippen molar-refractivity contribution in [1.82, 2.24) is 0 Å². The largest absolute Gasteiger partial charge is 0.481 e. The molecule has 3 nitrogen and oxygen atoms in total. The number of alkyl halides is 3. The van der Waals surface area contributed by atoms with Crippen LogP contribution in [-0.4, -0.2) is 11.1 Å². The second kappa shape index (κ2) is 4.60. The number of hydrogen-bond donors (Lipinski definition) is 1. The van der Waals surface area contributed by atoms with Crippen molar-refractivity contribution in [3.05, 3.63) is 35.6 Å². The van der Waals surface area contributed by atoms with Crippen molar-refractivity contribution < 1.29 is 27.5 Å². The van der Waals surface area contributed by atoms with Crippen LogP contribution in [0.25, 0.3) is 11.0 Å². The third-order valence-corrected chi connectivity index (χ3v) is 2.82. The highest BCUT2D eigenvalue weighted by atomic mass is 19.4. The number of furan rings is 1. The van der Waals surface area contributed by atoms with Gasteiger partial charge >= 0.3 is 12.1 Å². The summed E-state index contributed by atoms with van der Waals surface area (Å²) in [5.74, 6) is -1.26. The summed E-state index contributed by atoms with van der Waals surface area (Å²) in [6.45, 7) is 1.51. The minimum atomic E-state index is -4.40. The van der Waals surface area contributed by atoms with E-state index in [1.54, 1.807) is 0 Å². The summed E-state index contributed by atoms with van der Waals surface area (Å²) in [7, 11) is 0. The molecule has 0 spiro atoms. The lowest BCUT2D eigenvalue weighted by Gasteiger charge is -2.05. The zero-order valence-corrected chi connectivity index (χ0v) is 9.99. The fourth-order valence-corrected chi connectivity index (χ4v) is 1.76.